The van der Waals surface area contributed by atoms with Crippen LogP contribution < -0.4 is 10.5 Å². The van der Waals surface area contributed by atoms with Crippen molar-refractivity contribution >= 4 is 29.1 Å². The van der Waals surface area contributed by atoms with Gasteiger partial charge >= 0.3 is 0 Å². The molecule has 0 aliphatic rings. The third-order valence-corrected chi connectivity index (χ3v) is 3.38. The minimum absolute atomic E-state index is 0.483. The number of nitrogens with two attached hydrogens (primary N) is 1. The monoisotopic (exact) mass is 280 g/mol. The number of rotatable bonds is 4. The molecular formula is C13H13ClN2OS. The lowest BCUT2D eigenvalue weighted by Gasteiger charge is -2.07. The maximum Gasteiger partial charge on any atom is 0.238 e. The minimum atomic E-state index is 0.483. The van der Waals surface area contributed by atoms with Gasteiger partial charge in [0.15, 0.2) is 0 Å². The largest absolute Gasteiger partial charge is 0.476 e. The summed E-state index contributed by atoms with van der Waals surface area (Å²) in [6, 6.07) is 11.3. The van der Waals surface area contributed by atoms with Gasteiger partial charge in [0, 0.05) is 9.92 Å². The first-order valence-electron chi connectivity index (χ1n) is 5.52. The summed E-state index contributed by atoms with van der Waals surface area (Å²) < 4.78 is 5.36. The molecule has 1 heterocycles. The van der Waals surface area contributed by atoms with Gasteiger partial charge in [-0.1, -0.05) is 23.4 Å². The highest BCUT2D eigenvalue weighted by molar-refractivity contribution is 7.99. The van der Waals surface area contributed by atoms with E-state index in [0.717, 1.165) is 14.9 Å². The molecule has 0 amide bonds. The molecule has 2 aromatic rings. The standard InChI is InChI=1S/C13H13ClN2OS/c1-2-17-13-11(15)7-8-12(16-13)18-10-5-3-9(14)4-6-10/h3-8H,2,15H2,1H3. The van der Waals surface area contributed by atoms with Gasteiger partial charge in [0.25, 0.3) is 0 Å². The van der Waals surface area contributed by atoms with Crippen molar-refractivity contribution < 1.29 is 4.74 Å². The smallest absolute Gasteiger partial charge is 0.238 e. The highest BCUT2D eigenvalue weighted by Crippen LogP contribution is 2.30. The van der Waals surface area contributed by atoms with E-state index < -0.39 is 0 Å². The zero-order valence-corrected chi connectivity index (χ0v) is 11.5. The van der Waals surface area contributed by atoms with E-state index in [9.17, 15) is 0 Å². The van der Waals surface area contributed by atoms with Crippen LogP contribution in [0.2, 0.25) is 5.02 Å². The molecule has 1 aromatic carbocycles. The average molecular weight is 281 g/mol. The van der Waals surface area contributed by atoms with Crippen LogP contribution in [0, 0.1) is 0 Å². The second kappa shape index (κ2) is 5.98. The third kappa shape index (κ3) is 3.31. The van der Waals surface area contributed by atoms with Crippen LogP contribution in [0.3, 0.4) is 0 Å². The molecular weight excluding hydrogens is 268 g/mol. The molecule has 2 rings (SSSR count). The predicted molar refractivity (Wildman–Crippen MR) is 75.4 cm³/mol. The van der Waals surface area contributed by atoms with Crippen molar-refractivity contribution in [2.45, 2.75) is 16.8 Å². The van der Waals surface area contributed by atoms with Gasteiger partial charge in [-0.2, -0.15) is 0 Å². The van der Waals surface area contributed by atoms with E-state index in [0.29, 0.717) is 18.2 Å². The zero-order chi connectivity index (χ0) is 13.0. The lowest BCUT2D eigenvalue weighted by atomic mass is 10.4. The number of benzene rings is 1. The molecule has 0 radical (unpaired) electrons. The van der Waals surface area contributed by atoms with E-state index in [4.69, 9.17) is 22.1 Å². The van der Waals surface area contributed by atoms with Crippen LogP contribution in [-0.2, 0) is 0 Å². The van der Waals surface area contributed by atoms with E-state index in [1.165, 1.54) is 11.8 Å². The van der Waals surface area contributed by atoms with Gasteiger partial charge in [-0.3, -0.25) is 0 Å². The van der Waals surface area contributed by atoms with Crippen molar-refractivity contribution in [1.29, 1.82) is 0 Å². The van der Waals surface area contributed by atoms with Crippen LogP contribution in [0.15, 0.2) is 46.3 Å². The lowest BCUT2D eigenvalue weighted by Crippen LogP contribution is -1.99. The van der Waals surface area contributed by atoms with Crippen molar-refractivity contribution in [3.63, 3.8) is 0 Å². The zero-order valence-electron chi connectivity index (χ0n) is 9.89. The average Bonchev–Trinajstić information content (AvgIpc) is 2.37. The Hall–Kier alpha value is -1.39. The Morgan fingerprint density at radius 1 is 1.22 bits per heavy atom. The predicted octanol–water partition coefficient (Wildman–Crippen LogP) is 3.87. The normalized spacial score (nSPS) is 10.3. The fraction of sp³-hybridized carbons (Fsp3) is 0.154. The van der Waals surface area contributed by atoms with Crippen LogP contribution in [0.4, 0.5) is 5.69 Å². The summed E-state index contributed by atoms with van der Waals surface area (Å²) in [5.74, 6) is 0.483. The quantitative estimate of drug-likeness (QED) is 0.924. The second-order valence-corrected chi connectivity index (χ2v) is 5.06. The van der Waals surface area contributed by atoms with Gasteiger partial charge < -0.3 is 10.5 Å². The summed E-state index contributed by atoms with van der Waals surface area (Å²) >= 11 is 7.38. The van der Waals surface area contributed by atoms with Crippen LogP contribution in [0.25, 0.3) is 0 Å². The molecule has 0 unspecified atom stereocenters. The first kappa shape index (κ1) is 13.1. The van der Waals surface area contributed by atoms with Gasteiger partial charge in [-0.15, -0.1) is 0 Å². The summed E-state index contributed by atoms with van der Waals surface area (Å²) in [5, 5.41) is 1.56. The molecule has 3 nitrogen and oxygen atoms in total. The fourth-order valence-electron chi connectivity index (χ4n) is 1.37. The van der Waals surface area contributed by atoms with E-state index in [-0.39, 0.29) is 0 Å². The Bertz CT molecular complexity index is 531. The Labute approximate surface area is 115 Å². The summed E-state index contributed by atoms with van der Waals surface area (Å²) in [4.78, 5) is 5.43. The first-order chi connectivity index (χ1) is 8.69. The van der Waals surface area contributed by atoms with Crippen molar-refractivity contribution in [2.75, 3.05) is 12.3 Å². The molecule has 0 saturated heterocycles. The first-order valence-corrected chi connectivity index (χ1v) is 6.71. The van der Waals surface area contributed by atoms with Crippen LogP contribution in [-0.4, -0.2) is 11.6 Å². The number of halogens is 1. The molecule has 18 heavy (non-hydrogen) atoms. The van der Waals surface area contributed by atoms with Crippen LogP contribution in [0.1, 0.15) is 6.92 Å². The number of hydrogen-bond donors (Lipinski definition) is 1. The number of hydrogen-bond acceptors (Lipinski definition) is 4. The molecule has 0 aliphatic carbocycles. The highest BCUT2D eigenvalue weighted by Gasteiger charge is 2.05. The maximum absolute atomic E-state index is 5.84. The third-order valence-electron chi connectivity index (χ3n) is 2.18. The molecule has 0 bridgehead atoms. The fourth-order valence-corrected chi connectivity index (χ4v) is 2.27. The molecule has 0 aliphatic heterocycles. The highest BCUT2D eigenvalue weighted by atomic mass is 35.5. The Morgan fingerprint density at radius 2 is 1.94 bits per heavy atom. The van der Waals surface area contributed by atoms with Crippen LogP contribution >= 0.6 is 23.4 Å². The SMILES string of the molecule is CCOc1nc(Sc2ccc(Cl)cc2)ccc1N. The van der Waals surface area contributed by atoms with E-state index in [2.05, 4.69) is 4.98 Å². The Balaban J connectivity index is 2.18. The van der Waals surface area contributed by atoms with Gasteiger partial charge in [0.1, 0.15) is 5.03 Å². The molecule has 94 valence electrons. The number of pyridine rings is 1. The van der Waals surface area contributed by atoms with Crippen molar-refractivity contribution in [2.24, 2.45) is 0 Å². The summed E-state index contributed by atoms with van der Waals surface area (Å²) in [5.41, 5.74) is 6.33. The summed E-state index contributed by atoms with van der Waals surface area (Å²) in [7, 11) is 0. The van der Waals surface area contributed by atoms with Crippen molar-refractivity contribution in [1.82, 2.24) is 4.98 Å². The number of ether oxygens (including phenoxy) is 1. The number of nitrogens with zero attached hydrogens (tertiary/aromatic N) is 1. The topological polar surface area (TPSA) is 48.1 Å². The Kier molecular flexibility index (Phi) is 4.33. The molecule has 1 aromatic heterocycles. The minimum Gasteiger partial charge on any atom is -0.476 e. The second-order valence-electron chi connectivity index (χ2n) is 3.53. The maximum atomic E-state index is 5.84. The van der Waals surface area contributed by atoms with Crippen LogP contribution in [0.5, 0.6) is 5.88 Å². The number of nitrogen functional groups attached to an aromatic ring is 1. The van der Waals surface area contributed by atoms with E-state index in [1.807, 2.05) is 37.3 Å². The van der Waals surface area contributed by atoms with Gasteiger partial charge in [0.05, 0.1) is 12.3 Å². The van der Waals surface area contributed by atoms with E-state index >= 15 is 0 Å². The van der Waals surface area contributed by atoms with Crippen molar-refractivity contribution in [3.05, 3.63) is 41.4 Å². The van der Waals surface area contributed by atoms with E-state index in [1.54, 1.807) is 6.07 Å². The van der Waals surface area contributed by atoms with Gasteiger partial charge in [-0.25, -0.2) is 4.98 Å². The number of aromatic nitrogens is 1. The van der Waals surface area contributed by atoms with Gasteiger partial charge in [-0.05, 0) is 43.3 Å². The molecule has 0 fully saturated rings. The summed E-state index contributed by atoms with van der Waals surface area (Å²) in [6.07, 6.45) is 0. The number of anilines is 1. The Morgan fingerprint density at radius 3 is 2.61 bits per heavy atom. The molecule has 0 atom stereocenters. The molecule has 2 N–H and O–H groups in total. The summed E-state index contributed by atoms with van der Waals surface area (Å²) in [6.45, 7) is 2.45. The molecule has 0 saturated carbocycles. The lowest BCUT2D eigenvalue weighted by molar-refractivity contribution is 0.326. The van der Waals surface area contributed by atoms with Crippen molar-refractivity contribution in [3.8, 4) is 5.88 Å². The van der Waals surface area contributed by atoms with Gasteiger partial charge in [0.2, 0.25) is 5.88 Å². The molecule has 5 heteroatoms. The molecule has 0 spiro atoms.